The molecule has 142 valence electrons. The molecule has 2 aromatic carbocycles. The molecule has 1 amide bonds. The Hall–Kier alpha value is -2.40. The Bertz CT molecular complexity index is 823. The zero-order chi connectivity index (χ0) is 19.0. The smallest absolute Gasteiger partial charge is 0.219 e. The van der Waals surface area contributed by atoms with E-state index in [0.717, 1.165) is 37.5 Å². The molecule has 5 heteroatoms. The van der Waals surface area contributed by atoms with Crippen molar-refractivity contribution in [3.63, 3.8) is 0 Å². The van der Waals surface area contributed by atoms with Crippen molar-refractivity contribution in [3.05, 3.63) is 65.5 Å². The Morgan fingerprint density at radius 1 is 1.15 bits per heavy atom. The highest BCUT2D eigenvalue weighted by molar-refractivity contribution is 5.74. The molecule has 2 fully saturated rings. The van der Waals surface area contributed by atoms with E-state index in [1.807, 2.05) is 23.1 Å². The molecule has 0 N–H and O–H groups in total. The van der Waals surface area contributed by atoms with Gasteiger partial charge in [-0.2, -0.15) is 0 Å². The number of carbonyl (C=O) groups is 1. The molecule has 0 radical (unpaired) electrons. The molecule has 2 heterocycles. The summed E-state index contributed by atoms with van der Waals surface area (Å²) < 4.78 is 19.0. The molecule has 2 aliphatic rings. The fourth-order valence-electron chi connectivity index (χ4n) is 4.70. The minimum absolute atomic E-state index is 0.0379. The first-order valence-electron chi connectivity index (χ1n) is 9.43. The van der Waals surface area contributed by atoms with Gasteiger partial charge in [0.1, 0.15) is 11.6 Å². The van der Waals surface area contributed by atoms with Crippen LogP contribution in [0.15, 0.2) is 48.5 Å². The van der Waals surface area contributed by atoms with Gasteiger partial charge in [0.15, 0.2) is 0 Å². The quantitative estimate of drug-likeness (QED) is 0.828. The molecule has 0 aliphatic carbocycles. The summed E-state index contributed by atoms with van der Waals surface area (Å²) in [6, 6.07) is 14.8. The summed E-state index contributed by atoms with van der Waals surface area (Å²) in [7, 11) is 1.67. The summed E-state index contributed by atoms with van der Waals surface area (Å²) in [4.78, 5) is 16.6. The molecule has 3 atom stereocenters. The van der Waals surface area contributed by atoms with Crippen LogP contribution >= 0.6 is 0 Å². The molecule has 0 spiro atoms. The van der Waals surface area contributed by atoms with Gasteiger partial charge in [-0.3, -0.25) is 9.69 Å². The summed E-state index contributed by atoms with van der Waals surface area (Å²) in [6.45, 7) is 5.13. The van der Waals surface area contributed by atoms with Gasteiger partial charge >= 0.3 is 0 Å². The maximum atomic E-state index is 13.8. The van der Waals surface area contributed by atoms with Crippen LogP contribution in [0, 0.1) is 17.7 Å². The van der Waals surface area contributed by atoms with Crippen LogP contribution in [-0.4, -0.2) is 42.5 Å². The maximum absolute atomic E-state index is 13.8. The van der Waals surface area contributed by atoms with Crippen LogP contribution in [0.25, 0.3) is 0 Å². The summed E-state index contributed by atoms with van der Waals surface area (Å²) in [5, 5.41) is 0. The molecular formula is C22H25FN2O2. The largest absolute Gasteiger partial charge is 0.497 e. The fraction of sp³-hybridized carbons (Fsp3) is 0.409. The lowest BCUT2D eigenvalue weighted by Gasteiger charge is -2.29. The average molecular weight is 368 g/mol. The number of amides is 1. The van der Waals surface area contributed by atoms with E-state index in [1.54, 1.807) is 26.2 Å². The number of ether oxygens (including phenoxy) is 1. The third kappa shape index (κ3) is 3.56. The molecular weight excluding hydrogens is 343 g/mol. The Kier molecular flexibility index (Phi) is 4.87. The summed E-state index contributed by atoms with van der Waals surface area (Å²) in [5.74, 6) is 1.46. The van der Waals surface area contributed by atoms with Crippen molar-refractivity contribution in [2.24, 2.45) is 11.8 Å². The van der Waals surface area contributed by atoms with E-state index in [2.05, 4.69) is 17.0 Å². The molecule has 4 nitrogen and oxygen atoms in total. The van der Waals surface area contributed by atoms with Crippen LogP contribution < -0.4 is 4.74 Å². The number of halogens is 1. The molecule has 2 aliphatic heterocycles. The van der Waals surface area contributed by atoms with Crippen molar-refractivity contribution < 1.29 is 13.9 Å². The number of fused-ring (bicyclic) bond motifs is 1. The van der Waals surface area contributed by atoms with Gasteiger partial charge in [0.05, 0.1) is 13.2 Å². The number of likely N-dealkylation sites (tertiary alicyclic amines) is 2. The highest BCUT2D eigenvalue weighted by atomic mass is 19.1. The first kappa shape index (κ1) is 18.0. The van der Waals surface area contributed by atoms with E-state index < -0.39 is 0 Å². The Morgan fingerprint density at radius 3 is 2.59 bits per heavy atom. The predicted octanol–water partition coefficient (Wildman–Crippen LogP) is 3.49. The number of benzene rings is 2. The van der Waals surface area contributed by atoms with Gasteiger partial charge in [0.25, 0.3) is 0 Å². The lowest BCUT2D eigenvalue weighted by atomic mass is 9.89. The van der Waals surface area contributed by atoms with E-state index in [-0.39, 0.29) is 17.8 Å². The first-order chi connectivity index (χ1) is 13.0. The molecule has 4 rings (SSSR count). The molecule has 2 saturated heterocycles. The van der Waals surface area contributed by atoms with Crippen molar-refractivity contribution in [1.82, 2.24) is 9.80 Å². The van der Waals surface area contributed by atoms with Crippen LogP contribution in [0.5, 0.6) is 5.75 Å². The predicted molar refractivity (Wildman–Crippen MR) is 102 cm³/mol. The van der Waals surface area contributed by atoms with Gasteiger partial charge in [-0.05, 0) is 41.3 Å². The van der Waals surface area contributed by atoms with Crippen LogP contribution in [0.4, 0.5) is 4.39 Å². The lowest BCUT2D eigenvalue weighted by Crippen LogP contribution is -2.34. The highest BCUT2D eigenvalue weighted by Crippen LogP contribution is 2.45. The Balaban J connectivity index is 1.52. The molecule has 0 bridgehead atoms. The second-order valence-electron chi connectivity index (χ2n) is 7.64. The molecule has 0 aromatic heterocycles. The van der Waals surface area contributed by atoms with Gasteiger partial charge in [-0.1, -0.05) is 24.3 Å². The standard InChI is InChI=1S/C22H25FN2O2/c1-15(26)25-13-18-12-24(11-16-6-8-20(27-2)9-7-16)14-21(18)22(25)17-4-3-5-19(23)10-17/h3-10,18,21-22H,11-14H2,1-2H3/t18-,21-,22-/m1/s1. The third-order valence-electron chi connectivity index (χ3n) is 5.90. The number of carbonyl (C=O) groups excluding carboxylic acids is 1. The highest BCUT2D eigenvalue weighted by Gasteiger charge is 2.48. The summed E-state index contributed by atoms with van der Waals surface area (Å²) in [5.41, 5.74) is 2.16. The van der Waals surface area contributed by atoms with Crippen LogP contribution in [-0.2, 0) is 11.3 Å². The minimum Gasteiger partial charge on any atom is -0.497 e. The normalized spacial score (nSPS) is 24.9. The van der Waals surface area contributed by atoms with Crippen molar-refractivity contribution in [1.29, 1.82) is 0 Å². The van der Waals surface area contributed by atoms with Gasteiger partial charge in [-0.15, -0.1) is 0 Å². The lowest BCUT2D eigenvalue weighted by molar-refractivity contribution is -0.130. The molecule has 0 saturated carbocycles. The van der Waals surface area contributed by atoms with E-state index in [1.165, 1.54) is 11.6 Å². The second kappa shape index (κ2) is 7.31. The first-order valence-corrected chi connectivity index (χ1v) is 9.43. The Labute approximate surface area is 159 Å². The van der Waals surface area contributed by atoms with Crippen molar-refractivity contribution >= 4 is 5.91 Å². The van der Waals surface area contributed by atoms with Crippen molar-refractivity contribution in [2.75, 3.05) is 26.7 Å². The van der Waals surface area contributed by atoms with Crippen molar-refractivity contribution in [2.45, 2.75) is 19.5 Å². The van der Waals surface area contributed by atoms with E-state index in [4.69, 9.17) is 4.74 Å². The van der Waals surface area contributed by atoms with Gasteiger partial charge in [0, 0.05) is 39.0 Å². The zero-order valence-electron chi connectivity index (χ0n) is 15.8. The summed E-state index contributed by atoms with van der Waals surface area (Å²) in [6.07, 6.45) is 0. The number of nitrogens with zero attached hydrogens (tertiary/aromatic N) is 2. The monoisotopic (exact) mass is 368 g/mol. The van der Waals surface area contributed by atoms with Crippen LogP contribution in [0.3, 0.4) is 0 Å². The molecule has 2 aromatic rings. The van der Waals surface area contributed by atoms with Crippen LogP contribution in [0.2, 0.25) is 0 Å². The second-order valence-corrected chi connectivity index (χ2v) is 7.64. The maximum Gasteiger partial charge on any atom is 0.219 e. The number of hydrogen-bond acceptors (Lipinski definition) is 3. The molecule has 0 unspecified atom stereocenters. The van der Waals surface area contributed by atoms with Gasteiger partial charge in [0.2, 0.25) is 5.91 Å². The summed E-state index contributed by atoms with van der Waals surface area (Å²) >= 11 is 0. The van der Waals surface area contributed by atoms with E-state index >= 15 is 0 Å². The zero-order valence-corrected chi connectivity index (χ0v) is 15.8. The fourth-order valence-corrected chi connectivity index (χ4v) is 4.70. The van der Waals surface area contributed by atoms with Gasteiger partial charge < -0.3 is 9.64 Å². The van der Waals surface area contributed by atoms with Gasteiger partial charge in [-0.25, -0.2) is 4.39 Å². The van der Waals surface area contributed by atoms with Crippen LogP contribution in [0.1, 0.15) is 24.1 Å². The topological polar surface area (TPSA) is 32.8 Å². The van der Waals surface area contributed by atoms with E-state index in [9.17, 15) is 9.18 Å². The average Bonchev–Trinajstić information content (AvgIpc) is 3.19. The number of rotatable bonds is 4. The molecule has 27 heavy (non-hydrogen) atoms. The van der Waals surface area contributed by atoms with Crippen molar-refractivity contribution in [3.8, 4) is 5.75 Å². The number of hydrogen-bond donors (Lipinski definition) is 0. The Morgan fingerprint density at radius 2 is 1.93 bits per heavy atom. The van der Waals surface area contributed by atoms with E-state index in [0.29, 0.717) is 11.8 Å². The third-order valence-corrected chi connectivity index (χ3v) is 5.90. The SMILES string of the molecule is COc1ccc(CN2C[C@@H]3CN(C(C)=O)[C@H](c4cccc(F)c4)[C@@H]3C2)cc1. The number of methoxy groups -OCH3 is 1. The minimum atomic E-state index is -0.243.